The zero-order valence-corrected chi connectivity index (χ0v) is 10.3. The lowest BCUT2D eigenvalue weighted by Crippen LogP contribution is -2.25. The molecule has 0 aliphatic carbocycles. The molecule has 92 valence electrons. The normalized spacial score (nSPS) is 13.6. The van der Waals surface area contributed by atoms with Crippen molar-refractivity contribution < 1.29 is 14.6 Å². The maximum Gasteiger partial charge on any atom is 0.162 e. The van der Waals surface area contributed by atoms with Crippen molar-refractivity contribution >= 4 is 0 Å². The highest BCUT2D eigenvalue weighted by Crippen LogP contribution is 2.29. The molecule has 1 N–H and O–H groups in total. The highest BCUT2D eigenvalue weighted by Gasteiger charge is 2.14. The molecule has 0 bridgehead atoms. The first-order valence-corrected chi connectivity index (χ1v) is 5.60. The van der Waals surface area contributed by atoms with E-state index < -0.39 is 6.10 Å². The number of aliphatic hydroxyl groups excluding tert-OH is 1. The Morgan fingerprint density at radius 1 is 1.35 bits per heavy atom. The molecule has 1 aromatic rings. The molecule has 0 aliphatic heterocycles. The van der Waals surface area contributed by atoms with E-state index in [9.17, 15) is 5.11 Å². The van der Waals surface area contributed by atoms with E-state index in [1.807, 2.05) is 13.0 Å². The van der Waals surface area contributed by atoms with Gasteiger partial charge in [-0.25, -0.2) is 0 Å². The SMILES string of the molecule is CCOc1cc(C#N)ccc1OC(C)C(C)O. The van der Waals surface area contributed by atoms with Gasteiger partial charge in [-0.15, -0.1) is 0 Å². The van der Waals surface area contributed by atoms with Crippen LogP contribution in [0, 0.1) is 11.3 Å². The van der Waals surface area contributed by atoms with Gasteiger partial charge in [-0.2, -0.15) is 5.26 Å². The summed E-state index contributed by atoms with van der Waals surface area (Å²) >= 11 is 0. The van der Waals surface area contributed by atoms with E-state index in [-0.39, 0.29) is 6.10 Å². The van der Waals surface area contributed by atoms with Gasteiger partial charge in [0.05, 0.1) is 24.3 Å². The monoisotopic (exact) mass is 235 g/mol. The Morgan fingerprint density at radius 2 is 2.06 bits per heavy atom. The first-order chi connectivity index (χ1) is 8.08. The fourth-order valence-electron chi connectivity index (χ4n) is 1.24. The topological polar surface area (TPSA) is 62.5 Å². The van der Waals surface area contributed by atoms with E-state index in [1.165, 1.54) is 0 Å². The van der Waals surface area contributed by atoms with Crippen molar-refractivity contribution in [2.45, 2.75) is 33.0 Å². The Kier molecular flexibility index (Phi) is 4.80. The van der Waals surface area contributed by atoms with Gasteiger partial charge in [-0.05, 0) is 32.9 Å². The molecule has 0 fully saturated rings. The molecular weight excluding hydrogens is 218 g/mol. The second-order valence-electron chi connectivity index (χ2n) is 3.77. The highest BCUT2D eigenvalue weighted by molar-refractivity contribution is 5.46. The van der Waals surface area contributed by atoms with E-state index in [1.54, 1.807) is 32.0 Å². The van der Waals surface area contributed by atoms with Crippen LogP contribution in [-0.2, 0) is 0 Å². The zero-order valence-electron chi connectivity index (χ0n) is 10.3. The Hall–Kier alpha value is -1.73. The summed E-state index contributed by atoms with van der Waals surface area (Å²) < 4.78 is 11.0. The van der Waals surface area contributed by atoms with Gasteiger partial charge in [0.1, 0.15) is 6.10 Å². The summed E-state index contributed by atoms with van der Waals surface area (Å²) in [5, 5.41) is 18.2. The Labute approximate surface area is 101 Å². The Morgan fingerprint density at radius 3 is 2.59 bits per heavy atom. The van der Waals surface area contributed by atoms with Crippen LogP contribution in [0.1, 0.15) is 26.3 Å². The molecule has 0 saturated heterocycles. The number of hydrogen-bond acceptors (Lipinski definition) is 4. The summed E-state index contributed by atoms with van der Waals surface area (Å²) in [5.74, 6) is 1.07. The van der Waals surface area contributed by atoms with Crippen molar-refractivity contribution in [3.8, 4) is 17.6 Å². The predicted molar refractivity (Wildman–Crippen MR) is 64.1 cm³/mol. The van der Waals surface area contributed by atoms with Crippen LogP contribution in [0.2, 0.25) is 0 Å². The van der Waals surface area contributed by atoms with Gasteiger partial charge in [0.25, 0.3) is 0 Å². The van der Waals surface area contributed by atoms with Gasteiger partial charge in [-0.1, -0.05) is 0 Å². The number of benzene rings is 1. The maximum absolute atomic E-state index is 9.39. The molecule has 0 saturated carbocycles. The zero-order chi connectivity index (χ0) is 12.8. The lowest BCUT2D eigenvalue weighted by molar-refractivity contribution is 0.0582. The van der Waals surface area contributed by atoms with Gasteiger partial charge in [0.15, 0.2) is 11.5 Å². The van der Waals surface area contributed by atoms with Gasteiger partial charge in [-0.3, -0.25) is 0 Å². The minimum Gasteiger partial charge on any atom is -0.490 e. The average molecular weight is 235 g/mol. The third-order valence-electron chi connectivity index (χ3n) is 2.36. The minimum atomic E-state index is -0.569. The molecule has 0 aliphatic rings. The number of ether oxygens (including phenoxy) is 2. The van der Waals surface area contributed by atoms with Crippen LogP contribution in [0.5, 0.6) is 11.5 Å². The van der Waals surface area contributed by atoms with Crippen LogP contribution in [0.3, 0.4) is 0 Å². The number of aliphatic hydroxyl groups is 1. The fraction of sp³-hybridized carbons (Fsp3) is 0.462. The molecule has 0 radical (unpaired) electrons. The molecule has 4 heteroatoms. The first kappa shape index (κ1) is 13.3. The minimum absolute atomic E-state index is 0.331. The number of hydrogen-bond donors (Lipinski definition) is 1. The second kappa shape index (κ2) is 6.12. The Balaban J connectivity index is 2.94. The van der Waals surface area contributed by atoms with E-state index in [0.29, 0.717) is 23.7 Å². The van der Waals surface area contributed by atoms with Crippen LogP contribution < -0.4 is 9.47 Å². The first-order valence-electron chi connectivity index (χ1n) is 5.60. The van der Waals surface area contributed by atoms with Gasteiger partial charge in [0.2, 0.25) is 0 Å². The second-order valence-corrected chi connectivity index (χ2v) is 3.77. The smallest absolute Gasteiger partial charge is 0.162 e. The third-order valence-corrected chi connectivity index (χ3v) is 2.36. The quantitative estimate of drug-likeness (QED) is 0.849. The maximum atomic E-state index is 9.39. The van der Waals surface area contributed by atoms with Crippen LogP contribution in [0.4, 0.5) is 0 Å². The van der Waals surface area contributed by atoms with Crippen molar-refractivity contribution in [3.05, 3.63) is 23.8 Å². The van der Waals surface area contributed by atoms with E-state index in [4.69, 9.17) is 14.7 Å². The Bertz CT molecular complexity index is 410. The number of nitrogens with zero attached hydrogens (tertiary/aromatic N) is 1. The van der Waals surface area contributed by atoms with Crippen LogP contribution in [0.25, 0.3) is 0 Å². The molecule has 17 heavy (non-hydrogen) atoms. The van der Waals surface area contributed by atoms with Crippen molar-refractivity contribution in [1.29, 1.82) is 5.26 Å². The molecule has 4 nitrogen and oxygen atoms in total. The van der Waals surface area contributed by atoms with E-state index in [2.05, 4.69) is 0 Å². The summed E-state index contributed by atoms with van der Waals surface area (Å²) in [6, 6.07) is 7.02. The van der Waals surface area contributed by atoms with Crippen molar-refractivity contribution in [3.63, 3.8) is 0 Å². The molecule has 2 unspecified atom stereocenters. The summed E-state index contributed by atoms with van der Waals surface area (Å²) in [6.07, 6.45) is -0.901. The molecule has 0 aromatic heterocycles. The largest absolute Gasteiger partial charge is 0.490 e. The average Bonchev–Trinajstić information content (AvgIpc) is 2.31. The molecule has 0 spiro atoms. The van der Waals surface area contributed by atoms with Gasteiger partial charge < -0.3 is 14.6 Å². The van der Waals surface area contributed by atoms with Crippen molar-refractivity contribution in [2.24, 2.45) is 0 Å². The summed E-state index contributed by atoms with van der Waals surface area (Å²) in [6.45, 7) is 5.79. The van der Waals surface area contributed by atoms with Gasteiger partial charge >= 0.3 is 0 Å². The molecule has 1 rings (SSSR count). The molecule has 2 atom stereocenters. The molecule has 0 amide bonds. The van der Waals surface area contributed by atoms with E-state index in [0.717, 1.165) is 0 Å². The lowest BCUT2D eigenvalue weighted by atomic mass is 10.2. The lowest BCUT2D eigenvalue weighted by Gasteiger charge is -2.19. The van der Waals surface area contributed by atoms with E-state index >= 15 is 0 Å². The van der Waals surface area contributed by atoms with Crippen LogP contribution in [0.15, 0.2) is 18.2 Å². The highest BCUT2D eigenvalue weighted by atomic mass is 16.5. The number of nitriles is 1. The molecular formula is C13H17NO3. The van der Waals surface area contributed by atoms with Gasteiger partial charge in [0, 0.05) is 6.07 Å². The predicted octanol–water partition coefficient (Wildman–Crippen LogP) is 2.11. The van der Waals surface area contributed by atoms with Crippen molar-refractivity contribution in [1.82, 2.24) is 0 Å². The third kappa shape index (κ3) is 3.65. The van der Waals surface area contributed by atoms with Crippen molar-refractivity contribution in [2.75, 3.05) is 6.61 Å². The number of rotatable bonds is 5. The standard InChI is InChI=1S/C13H17NO3/c1-4-16-13-7-11(8-14)5-6-12(13)17-10(3)9(2)15/h5-7,9-10,15H,4H2,1-3H3. The fourth-order valence-corrected chi connectivity index (χ4v) is 1.24. The molecule has 0 heterocycles. The summed E-state index contributed by atoms with van der Waals surface area (Å²) in [5.41, 5.74) is 0.519. The summed E-state index contributed by atoms with van der Waals surface area (Å²) in [4.78, 5) is 0. The summed E-state index contributed by atoms with van der Waals surface area (Å²) in [7, 11) is 0. The van der Waals surface area contributed by atoms with Crippen LogP contribution in [-0.4, -0.2) is 23.9 Å². The van der Waals surface area contributed by atoms with Crippen LogP contribution >= 0.6 is 0 Å². The molecule has 1 aromatic carbocycles.